The molecule has 1 saturated carbocycles. The average molecular weight is 399 g/mol. The number of nitrogens with zero attached hydrogens (tertiary/aromatic N) is 3. The van der Waals surface area contributed by atoms with E-state index in [1.807, 2.05) is 25.1 Å². The van der Waals surface area contributed by atoms with Gasteiger partial charge in [0.2, 0.25) is 5.91 Å². The first kappa shape index (κ1) is 20.1. The van der Waals surface area contributed by atoms with Crippen molar-refractivity contribution in [1.29, 1.82) is 0 Å². The SMILES string of the molecule is C[C@@H]1C[C@H](ON2C=NC=CC2N[C@H]2c3ccccc3C[C@H]2C(=O)N(C)C)C[C@H]1O. The normalized spacial score (nSPS) is 33.2. The van der Waals surface area contributed by atoms with Crippen LogP contribution in [0.2, 0.25) is 0 Å². The summed E-state index contributed by atoms with van der Waals surface area (Å²) in [5.74, 6) is 0.185. The van der Waals surface area contributed by atoms with Crippen LogP contribution >= 0.6 is 0 Å². The molecule has 2 aliphatic carbocycles. The summed E-state index contributed by atoms with van der Waals surface area (Å²) in [6, 6.07) is 8.12. The van der Waals surface area contributed by atoms with E-state index < -0.39 is 0 Å². The predicted octanol–water partition coefficient (Wildman–Crippen LogP) is 1.85. The summed E-state index contributed by atoms with van der Waals surface area (Å²) in [5, 5.41) is 15.4. The van der Waals surface area contributed by atoms with Crippen LogP contribution in [0, 0.1) is 11.8 Å². The van der Waals surface area contributed by atoms with Crippen molar-refractivity contribution in [1.82, 2.24) is 15.3 Å². The first-order chi connectivity index (χ1) is 13.9. The maximum atomic E-state index is 12.9. The largest absolute Gasteiger partial charge is 0.393 e. The van der Waals surface area contributed by atoms with Gasteiger partial charge in [0, 0.05) is 32.8 Å². The molecule has 7 nitrogen and oxygen atoms in total. The number of hydrogen-bond acceptors (Lipinski definition) is 6. The van der Waals surface area contributed by atoms with E-state index in [4.69, 9.17) is 4.84 Å². The molecule has 4 rings (SSSR count). The minimum Gasteiger partial charge on any atom is -0.393 e. The van der Waals surface area contributed by atoms with Crippen molar-refractivity contribution in [3.63, 3.8) is 0 Å². The van der Waals surface area contributed by atoms with Crippen LogP contribution in [0.4, 0.5) is 0 Å². The number of carbonyl (C=O) groups excluding carboxylic acids is 1. The van der Waals surface area contributed by atoms with E-state index >= 15 is 0 Å². The number of fused-ring (bicyclic) bond motifs is 1. The van der Waals surface area contributed by atoms with Gasteiger partial charge in [-0.15, -0.1) is 0 Å². The Kier molecular flexibility index (Phi) is 5.72. The summed E-state index contributed by atoms with van der Waals surface area (Å²) in [4.78, 5) is 24.9. The van der Waals surface area contributed by atoms with Gasteiger partial charge in [-0.2, -0.15) is 0 Å². The molecule has 3 aliphatic rings. The van der Waals surface area contributed by atoms with E-state index in [1.165, 1.54) is 5.56 Å². The molecular formula is C22H30N4O3. The molecule has 2 N–H and O–H groups in total. The number of amides is 1. The van der Waals surface area contributed by atoms with Crippen LogP contribution in [0.25, 0.3) is 0 Å². The lowest BCUT2D eigenvalue weighted by atomic mass is 9.98. The van der Waals surface area contributed by atoms with Crippen LogP contribution in [0.3, 0.4) is 0 Å². The highest BCUT2D eigenvalue weighted by Crippen LogP contribution is 2.38. The second-order valence-electron chi connectivity index (χ2n) is 8.54. The van der Waals surface area contributed by atoms with Crippen LogP contribution in [0.5, 0.6) is 0 Å². The van der Waals surface area contributed by atoms with E-state index in [0.717, 1.165) is 18.4 Å². The second-order valence-corrected chi connectivity index (χ2v) is 8.54. The average Bonchev–Trinajstić information content (AvgIpc) is 3.22. The number of aliphatic hydroxyl groups excluding tert-OH is 1. The first-order valence-electron chi connectivity index (χ1n) is 10.3. The lowest BCUT2D eigenvalue weighted by Gasteiger charge is -2.35. The van der Waals surface area contributed by atoms with Gasteiger partial charge in [-0.1, -0.05) is 31.2 Å². The summed E-state index contributed by atoms with van der Waals surface area (Å²) in [7, 11) is 3.61. The third kappa shape index (κ3) is 4.08. The lowest BCUT2D eigenvalue weighted by Crippen LogP contribution is -2.49. The van der Waals surface area contributed by atoms with E-state index in [9.17, 15) is 9.90 Å². The van der Waals surface area contributed by atoms with Gasteiger partial charge < -0.3 is 10.0 Å². The Bertz CT molecular complexity index is 799. The molecule has 1 amide bonds. The van der Waals surface area contributed by atoms with Crippen molar-refractivity contribution < 1.29 is 14.7 Å². The van der Waals surface area contributed by atoms with Crippen LogP contribution in [-0.2, 0) is 16.1 Å². The van der Waals surface area contributed by atoms with Crippen molar-refractivity contribution in [3.05, 3.63) is 47.7 Å². The number of hydroxylamine groups is 2. The maximum absolute atomic E-state index is 12.9. The van der Waals surface area contributed by atoms with Gasteiger partial charge in [0.15, 0.2) is 0 Å². The minimum atomic E-state index is -0.326. The van der Waals surface area contributed by atoms with Crippen molar-refractivity contribution >= 4 is 12.2 Å². The summed E-state index contributed by atoms with van der Waals surface area (Å²) >= 11 is 0. The van der Waals surface area contributed by atoms with Crippen molar-refractivity contribution in [2.75, 3.05) is 14.1 Å². The number of hydrogen-bond donors (Lipinski definition) is 2. The Morgan fingerprint density at radius 1 is 1.31 bits per heavy atom. The second kappa shape index (κ2) is 8.26. The summed E-state index contributed by atoms with van der Waals surface area (Å²) in [6.07, 6.45) is 6.89. The molecule has 156 valence electrons. The zero-order valence-corrected chi connectivity index (χ0v) is 17.2. The molecule has 1 unspecified atom stereocenters. The molecule has 1 heterocycles. The van der Waals surface area contributed by atoms with Gasteiger partial charge in [-0.05, 0) is 36.0 Å². The monoisotopic (exact) mass is 398 g/mol. The van der Waals surface area contributed by atoms with E-state index in [-0.39, 0.29) is 42.2 Å². The fraction of sp³-hybridized carbons (Fsp3) is 0.545. The molecule has 0 bridgehead atoms. The zero-order chi connectivity index (χ0) is 20.5. The highest BCUT2D eigenvalue weighted by Gasteiger charge is 2.40. The molecular weight excluding hydrogens is 368 g/mol. The standard InChI is InChI=1S/C22H30N4O3/c1-14-10-16(12-19(14)27)29-26-13-23-9-8-20(26)24-21-17-7-5-4-6-15(17)11-18(21)22(28)25(2)3/h4-9,13-14,16,18-21,24,27H,10-12H2,1-3H3/t14-,16+,18-,19-,20?,21+/m1/s1. The van der Waals surface area contributed by atoms with Gasteiger partial charge in [0.05, 0.1) is 18.1 Å². The van der Waals surface area contributed by atoms with Crippen LogP contribution in [0.15, 0.2) is 41.5 Å². The molecule has 7 heteroatoms. The molecule has 6 atom stereocenters. The Morgan fingerprint density at radius 2 is 2.10 bits per heavy atom. The summed E-state index contributed by atoms with van der Waals surface area (Å²) < 4.78 is 0. The Balaban J connectivity index is 1.52. The fourth-order valence-electron chi connectivity index (χ4n) is 4.59. The van der Waals surface area contributed by atoms with Gasteiger partial charge >= 0.3 is 0 Å². The predicted molar refractivity (Wildman–Crippen MR) is 111 cm³/mol. The minimum absolute atomic E-state index is 0.0441. The van der Waals surface area contributed by atoms with Crippen LogP contribution < -0.4 is 5.32 Å². The lowest BCUT2D eigenvalue weighted by molar-refractivity contribution is -0.165. The molecule has 1 aliphatic heterocycles. The zero-order valence-electron chi connectivity index (χ0n) is 17.2. The molecule has 0 aromatic heterocycles. The number of aliphatic hydroxyl groups is 1. The van der Waals surface area contributed by atoms with Crippen LogP contribution in [0.1, 0.15) is 36.9 Å². The highest BCUT2D eigenvalue weighted by atomic mass is 16.7. The topological polar surface area (TPSA) is 77.4 Å². The van der Waals surface area contributed by atoms with Gasteiger partial charge in [-0.25, -0.2) is 10.1 Å². The van der Waals surface area contributed by atoms with Crippen molar-refractivity contribution in [2.45, 2.75) is 50.6 Å². The molecule has 1 fully saturated rings. The first-order valence-corrected chi connectivity index (χ1v) is 10.3. The van der Waals surface area contributed by atoms with Crippen molar-refractivity contribution in [3.8, 4) is 0 Å². The third-order valence-corrected chi connectivity index (χ3v) is 6.22. The smallest absolute Gasteiger partial charge is 0.227 e. The number of rotatable bonds is 5. The Morgan fingerprint density at radius 3 is 2.83 bits per heavy atom. The molecule has 1 aromatic rings. The number of benzene rings is 1. The number of carbonyl (C=O) groups is 1. The molecule has 0 radical (unpaired) electrons. The van der Waals surface area contributed by atoms with Gasteiger partial charge in [-0.3, -0.25) is 14.9 Å². The fourth-order valence-corrected chi connectivity index (χ4v) is 4.59. The third-order valence-electron chi connectivity index (χ3n) is 6.22. The van der Waals surface area contributed by atoms with E-state index in [0.29, 0.717) is 6.42 Å². The summed E-state index contributed by atoms with van der Waals surface area (Å²) in [5.41, 5.74) is 2.37. The highest BCUT2D eigenvalue weighted by molar-refractivity contribution is 5.81. The van der Waals surface area contributed by atoms with E-state index in [1.54, 1.807) is 36.6 Å². The molecule has 0 spiro atoms. The number of nitrogens with one attached hydrogen (secondary N) is 1. The summed E-state index contributed by atoms with van der Waals surface area (Å²) in [6.45, 7) is 2.04. The van der Waals surface area contributed by atoms with E-state index in [2.05, 4.69) is 22.4 Å². The van der Waals surface area contributed by atoms with Crippen molar-refractivity contribution in [2.24, 2.45) is 16.8 Å². The molecule has 1 aromatic carbocycles. The van der Waals surface area contributed by atoms with Crippen LogP contribution in [-0.4, -0.2) is 59.8 Å². The molecule has 29 heavy (non-hydrogen) atoms. The quantitative estimate of drug-likeness (QED) is 0.792. The Labute approximate surface area is 172 Å². The van der Waals surface area contributed by atoms with Gasteiger partial charge in [0.1, 0.15) is 12.5 Å². The maximum Gasteiger partial charge on any atom is 0.227 e. The Hall–Kier alpha value is -2.22. The van der Waals surface area contributed by atoms with Gasteiger partial charge in [0.25, 0.3) is 0 Å². The molecule has 0 saturated heterocycles. The number of aliphatic imine (C=N–C) groups is 1.